The number of rotatable bonds is 7. The van der Waals surface area contributed by atoms with Crippen molar-refractivity contribution < 1.29 is 31.6 Å². The van der Waals surface area contributed by atoms with Gasteiger partial charge in [-0.25, -0.2) is 4.39 Å². The predicted molar refractivity (Wildman–Crippen MR) is 145 cm³/mol. The highest BCUT2D eigenvalue weighted by Crippen LogP contribution is 2.38. The molecule has 210 valence electrons. The summed E-state index contributed by atoms with van der Waals surface area (Å²) < 4.78 is 58.9. The number of fused-ring (bicyclic) bond motifs is 1. The Kier molecular flexibility index (Phi) is 7.86. The molecule has 0 aliphatic carbocycles. The van der Waals surface area contributed by atoms with Crippen LogP contribution in [0.1, 0.15) is 41.5 Å². The number of carbonyl (C=O) groups excluding carboxylic acids is 2. The van der Waals surface area contributed by atoms with Gasteiger partial charge in [-0.3, -0.25) is 9.59 Å². The Morgan fingerprint density at radius 1 is 0.925 bits per heavy atom. The van der Waals surface area contributed by atoms with E-state index >= 15 is 0 Å². The van der Waals surface area contributed by atoms with E-state index in [0.717, 1.165) is 0 Å². The smallest absolute Gasteiger partial charge is 0.405 e. The molecule has 0 bridgehead atoms. The summed E-state index contributed by atoms with van der Waals surface area (Å²) in [6.45, 7) is 4.95. The first-order valence-corrected chi connectivity index (χ1v) is 12.4. The number of anilines is 1. The average molecular weight is 557 g/mol. The average Bonchev–Trinajstić information content (AvgIpc) is 3.27. The summed E-state index contributed by atoms with van der Waals surface area (Å²) >= 11 is 0. The van der Waals surface area contributed by atoms with Crippen LogP contribution >= 0.6 is 0 Å². The fraction of sp³-hybridized carbons (Fsp3) is 0.276. The fourth-order valence-corrected chi connectivity index (χ4v) is 3.99. The molecule has 2 amide bonds. The number of nitrogens with one attached hydrogen (secondary N) is 3. The van der Waals surface area contributed by atoms with Crippen LogP contribution in [0.15, 0.2) is 59.0 Å². The summed E-state index contributed by atoms with van der Waals surface area (Å²) in [6.07, 6.45) is -4.54. The highest BCUT2D eigenvalue weighted by atomic mass is 19.4. The van der Waals surface area contributed by atoms with Crippen LogP contribution in [0.2, 0.25) is 0 Å². The Hall–Kier alpha value is -4.41. The number of alkyl halides is 3. The summed E-state index contributed by atoms with van der Waals surface area (Å²) in [5.41, 5.74) is 1.13. The lowest BCUT2D eigenvalue weighted by Gasteiger charge is -2.19. The molecule has 7 nitrogen and oxygen atoms in total. The van der Waals surface area contributed by atoms with Gasteiger partial charge in [-0.1, -0.05) is 32.9 Å². The first-order valence-electron chi connectivity index (χ1n) is 12.4. The maximum atomic E-state index is 13.6. The molecule has 11 heteroatoms. The van der Waals surface area contributed by atoms with Crippen molar-refractivity contribution in [2.75, 3.05) is 25.5 Å². The molecular weight excluding hydrogens is 528 g/mol. The van der Waals surface area contributed by atoms with Gasteiger partial charge in [0, 0.05) is 30.3 Å². The van der Waals surface area contributed by atoms with Gasteiger partial charge in [0.15, 0.2) is 0 Å². The van der Waals surface area contributed by atoms with Crippen molar-refractivity contribution in [2.24, 2.45) is 5.41 Å². The van der Waals surface area contributed by atoms with Crippen LogP contribution in [0, 0.1) is 11.2 Å². The van der Waals surface area contributed by atoms with Gasteiger partial charge in [-0.15, -0.1) is 0 Å². The lowest BCUT2D eigenvalue weighted by molar-refractivity contribution is -0.115. The monoisotopic (exact) mass is 556 g/mol. The van der Waals surface area contributed by atoms with Crippen LogP contribution in [0.5, 0.6) is 0 Å². The largest absolute Gasteiger partial charge is 0.437 e. The van der Waals surface area contributed by atoms with Crippen molar-refractivity contribution in [2.45, 2.75) is 26.9 Å². The number of carbonyl (C=O) groups is 2. The number of aromatic nitrogens is 1. The number of amides is 2. The zero-order valence-electron chi connectivity index (χ0n) is 22.3. The van der Waals surface area contributed by atoms with Gasteiger partial charge in [-0.2, -0.15) is 18.2 Å². The van der Waals surface area contributed by atoms with Gasteiger partial charge in [0.1, 0.15) is 23.9 Å². The zero-order chi connectivity index (χ0) is 29.2. The van der Waals surface area contributed by atoms with Crippen LogP contribution in [-0.4, -0.2) is 43.1 Å². The summed E-state index contributed by atoms with van der Waals surface area (Å²) in [4.78, 5) is 30.1. The molecule has 2 aromatic carbocycles. The molecule has 0 saturated carbocycles. The molecule has 3 N–H and O–H groups in total. The minimum atomic E-state index is -4.54. The molecule has 0 unspecified atom stereocenters. The highest BCUT2D eigenvalue weighted by Gasteiger charge is 2.29. The second-order valence-electron chi connectivity index (χ2n) is 10.4. The summed E-state index contributed by atoms with van der Waals surface area (Å²) in [5, 5.41) is 7.92. The van der Waals surface area contributed by atoms with Crippen LogP contribution in [0.4, 0.5) is 23.4 Å². The van der Waals surface area contributed by atoms with Gasteiger partial charge >= 0.3 is 6.18 Å². The van der Waals surface area contributed by atoms with Crippen molar-refractivity contribution in [1.29, 1.82) is 0 Å². The van der Waals surface area contributed by atoms with Gasteiger partial charge in [0.05, 0.1) is 10.9 Å². The lowest BCUT2D eigenvalue weighted by Crippen LogP contribution is -2.32. The fourth-order valence-electron chi connectivity index (χ4n) is 3.99. The van der Waals surface area contributed by atoms with Crippen LogP contribution in [0.3, 0.4) is 0 Å². The number of hydrogen-bond donors (Lipinski definition) is 3. The maximum Gasteiger partial charge on any atom is 0.405 e. The molecule has 4 rings (SSSR count). The van der Waals surface area contributed by atoms with Gasteiger partial charge < -0.3 is 20.4 Å². The number of hydrogen-bond acceptors (Lipinski definition) is 5. The molecule has 0 spiro atoms. The molecule has 40 heavy (non-hydrogen) atoms. The Balaban J connectivity index is 1.89. The Labute approximate surface area is 228 Å². The predicted octanol–water partition coefficient (Wildman–Crippen LogP) is 6.41. The number of furan rings is 1. The Bertz CT molecular complexity index is 1550. The first-order chi connectivity index (χ1) is 18.8. The quantitative estimate of drug-likeness (QED) is 0.229. The van der Waals surface area contributed by atoms with Crippen molar-refractivity contribution in [1.82, 2.24) is 15.6 Å². The number of pyridine rings is 1. The molecule has 0 aliphatic rings. The molecule has 4 aromatic rings. The van der Waals surface area contributed by atoms with E-state index in [0.29, 0.717) is 23.2 Å². The van der Waals surface area contributed by atoms with Crippen LogP contribution in [-0.2, 0) is 0 Å². The van der Waals surface area contributed by atoms with Crippen molar-refractivity contribution in [3.8, 4) is 22.5 Å². The summed E-state index contributed by atoms with van der Waals surface area (Å²) in [7, 11) is 1.42. The van der Waals surface area contributed by atoms with E-state index in [-0.39, 0.29) is 45.1 Å². The molecule has 0 atom stereocenters. The third kappa shape index (κ3) is 6.59. The normalized spacial score (nSPS) is 11.9. The van der Waals surface area contributed by atoms with E-state index in [1.54, 1.807) is 24.3 Å². The van der Waals surface area contributed by atoms with Gasteiger partial charge in [-0.05, 0) is 53.4 Å². The van der Waals surface area contributed by atoms with Gasteiger partial charge in [0.25, 0.3) is 11.8 Å². The lowest BCUT2D eigenvalue weighted by atomic mass is 9.96. The first kappa shape index (κ1) is 28.6. The molecule has 0 saturated heterocycles. The number of benzene rings is 2. The third-order valence-corrected chi connectivity index (χ3v) is 5.91. The third-order valence-electron chi connectivity index (χ3n) is 5.91. The van der Waals surface area contributed by atoms with Crippen molar-refractivity contribution in [3.63, 3.8) is 0 Å². The molecular formula is C29H28F4N4O3. The molecule has 0 radical (unpaired) electrons. The molecule has 2 aromatic heterocycles. The van der Waals surface area contributed by atoms with Crippen LogP contribution in [0.25, 0.3) is 33.6 Å². The second kappa shape index (κ2) is 11.0. The number of nitrogens with zero attached hydrogens (tertiary/aromatic N) is 1. The second-order valence-corrected chi connectivity index (χ2v) is 10.4. The van der Waals surface area contributed by atoms with E-state index in [1.165, 1.54) is 37.4 Å². The molecule has 2 heterocycles. The topological polar surface area (TPSA) is 96.3 Å². The van der Waals surface area contributed by atoms with E-state index < -0.39 is 24.4 Å². The van der Waals surface area contributed by atoms with E-state index in [2.05, 4.69) is 20.9 Å². The van der Waals surface area contributed by atoms with Crippen molar-refractivity contribution in [3.05, 3.63) is 71.5 Å². The van der Waals surface area contributed by atoms with E-state index in [9.17, 15) is 27.2 Å². The maximum absolute atomic E-state index is 13.6. The van der Waals surface area contributed by atoms with Crippen LogP contribution < -0.4 is 16.0 Å². The highest BCUT2D eigenvalue weighted by molar-refractivity contribution is 6.11. The standard InChI is InChI=1S/C29H28F4N4O3/c1-28(2,3)14-36-25(38)18-7-5-6-17(12-18)20-13-21-22(26(39)34-4)23(16-8-10-19(30)11-9-16)40-27(21)37-24(20)35-15-29(31,32)33/h5-13H,14-15H2,1-4H3,(H,34,39)(H,35,37)(H,36,38). The molecule has 0 aliphatic heterocycles. The van der Waals surface area contributed by atoms with E-state index in [4.69, 9.17) is 4.42 Å². The molecule has 0 fully saturated rings. The Morgan fingerprint density at radius 2 is 1.62 bits per heavy atom. The summed E-state index contributed by atoms with van der Waals surface area (Å²) in [5.74, 6) is -1.44. The summed E-state index contributed by atoms with van der Waals surface area (Å²) in [6, 6.07) is 13.1. The number of halogens is 4. The zero-order valence-corrected chi connectivity index (χ0v) is 22.3. The van der Waals surface area contributed by atoms with Gasteiger partial charge in [0.2, 0.25) is 5.71 Å². The minimum Gasteiger partial charge on any atom is -0.437 e. The van der Waals surface area contributed by atoms with E-state index in [1.807, 2.05) is 20.8 Å². The Morgan fingerprint density at radius 3 is 2.25 bits per heavy atom. The SMILES string of the molecule is CNC(=O)c1c(-c2ccc(F)cc2)oc2nc(NCC(F)(F)F)c(-c3cccc(C(=O)NCC(C)(C)C)c3)cc12. The van der Waals surface area contributed by atoms with Crippen molar-refractivity contribution >= 4 is 28.7 Å². The minimum absolute atomic E-state index is 0.0797.